The van der Waals surface area contributed by atoms with Gasteiger partial charge in [0.1, 0.15) is 56.2 Å². The first kappa shape index (κ1) is 75.3. The van der Waals surface area contributed by atoms with E-state index in [2.05, 4.69) is 90.8 Å². The third-order valence-electron chi connectivity index (χ3n) is 10.7. The van der Waals surface area contributed by atoms with E-state index >= 15 is 0 Å². The van der Waals surface area contributed by atoms with Gasteiger partial charge in [0, 0.05) is 0 Å². The maximum atomic E-state index is 12.4. The van der Waals surface area contributed by atoms with Crippen LogP contribution in [-0.2, 0) is 22.6 Å². The Labute approximate surface area is 533 Å². The second-order valence-electron chi connectivity index (χ2n) is 17.4. The molecule has 0 saturated carbocycles. The van der Waals surface area contributed by atoms with Gasteiger partial charge in [-0.1, -0.05) is 34.7 Å². The number of halogens is 16. The summed E-state index contributed by atoms with van der Waals surface area (Å²) in [6.45, 7) is 2.16. The second-order valence-corrected chi connectivity index (χ2v) is 18.2. The number of hydrogen-bond donors (Lipinski definition) is 4. The molecule has 512 valence electrons. The lowest BCUT2D eigenvalue weighted by molar-refractivity contribution is -0.275. The van der Waals surface area contributed by atoms with Gasteiger partial charge in [0.25, 0.3) is 0 Å². The van der Waals surface area contributed by atoms with Crippen molar-refractivity contribution in [1.82, 2.24) is 65.3 Å². The van der Waals surface area contributed by atoms with Gasteiger partial charge in [-0.05, 0) is 107 Å². The highest BCUT2D eigenvalue weighted by Crippen LogP contribution is 2.31. The molecule has 9 aromatic rings. The molecule has 0 fully saturated rings. The maximum absolute atomic E-state index is 12.4. The molecule has 27 nitrogen and oxygen atoms in total. The number of carbonyl (C=O) groups is 4. The minimum absolute atomic E-state index is 0.0562. The van der Waals surface area contributed by atoms with Gasteiger partial charge in [0.2, 0.25) is 0 Å². The van der Waals surface area contributed by atoms with Gasteiger partial charge in [0.15, 0.2) is 17.1 Å². The smallest absolute Gasteiger partial charge is 0.497 e. The molecule has 9 rings (SSSR count). The van der Waals surface area contributed by atoms with Gasteiger partial charge in [-0.3, -0.25) is 15.0 Å². The minimum Gasteiger partial charge on any atom is -0.497 e. The molecule has 2 aromatic carbocycles. The van der Waals surface area contributed by atoms with E-state index in [1.54, 1.807) is 50.4 Å². The van der Waals surface area contributed by atoms with Crippen molar-refractivity contribution in [2.75, 3.05) is 20.8 Å². The Kier molecular flexibility index (Phi) is 25.8. The Morgan fingerprint density at radius 3 is 1.12 bits per heavy atom. The SMILES string of the molecule is CCOC(=O)c1nnn(Cc2ccc(OC)cc2)c1-c1ccc(OC(F)(F)F)cn1.COc1ccc(Cn2nnc(C(=O)O)c2-c2ccc(OC(F)(F)F)cn2)cc1.FC(F)(F)Oc1ccc(Br)nc1.O=C(O)C(F)(F)F.O=C(O)c1n[nH]nc1-c1ccc(OC(F)(F)F)cn1. The summed E-state index contributed by atoms with van der Waals surface area (Å²) >= 11 is 2.98. The Morgan fingerprint density at radius 1 is 0.469 bits per heavy atom. The molecule has 0 aliphatic heterocycles. The lowest BCUT2D eigenvalue weighted by Crippen LogP contribution is -2.21. The van der Waals surface area contributed by atoms with Crippen LogP contribution in [0.3, 0.4) is 0 Å². The number of benzene rings is 2. The number of nitrogens with one attached hydrogen (secondary N) is 1. The normalized spacial score (nSPS) is 11.3. The molecule has 0 amide bonds. The Balaban J connectivity index is 0.000000233. The Bertz CT molecular complexity index is 3990. The molecule has 7 heterocycles. The monoisotopic (exact) mass is 1450 g/mol. The first-order valence-corrected chi connectivity index (χ1v) is 26.2. The van der Waals surface area contributed by atoms with Gasteiger partial charge in [-0.2, -0.15) is 23.5 Å². The molecular formula is C53H39BrF15N13O14. The second kappa shape index (κ2) is 32.9. The number of aromatic amines is 1. The van der Waals surface area contributed by atoms with Gasteiger partial charge in [-0.25, -0.2) is 33.5 Å². The minimum atomic E-state index is -5.08. The lowest BCUT2D eigenvalue weighted by atomic mass is 10.2. The van der Waals surface area contributed by atoms with Gasteiger partial charge in [-0.15, -0.1) is 68.0 Å². The average Bonchev–Trinajstić information content (AvgIpc) is 1.84. The Morgan fingerprint density at radius 2 is 0.812 bits per heavy atom. The summed E-state index contributed by atoms with van der Waals surface area (Å²) in [4.78, 5) is 58.5. The molecule has 43 heteroatoms. The number of rotatable bonds is 17. The van der Waals surface area contributed by atoms with Crippen molar-refractivity contribution in [1.29, 1.82) is 0 Å². The number of aromatic carboxylic acids is 2. The summed E-state index contributed by atoms with van der Waals surface area (Å²) in [5.74, 6) is -6.68. The van der Waals surface area contributed by atoms with Crippen LogP contribution < -0.4 is 28.4 Å². The number of ether oxygens (including phenoxy) is 7. The predicted molar refractivity (Wildman–Crippen MR) is 293 cm³/mol. The number of hydrogen-bond acceptors (Lipinski definition) is 21. The number of aliphatic carboxylic acids is 1. The predicted octanol–water partition coefficient (Wildman–Crippen LogP) is 11.3. The number of carbonyl (C=O) groups excluding carboxylic acids is 1. The third kappa shape index (κ3) is 24.6. The summed E-state index contributed by atoms with van der Waals surface area (Å²) in [6.07, 6.45) is -20.7. The van der Waals surface area contributed by atoms with Crippen LogP contribution in [-0.4, -0.2) is 157 Å². The standard InChI is InChI=1S/C19H17F3N4O4.C17H13F3N4O4.C9H5F3N4O3.C6H3BrF3NO.C2HF3O2/c1-3-29-18(27)16-17(15-9-8-14(10-23-15)30-19(20,21)22)26(25-24-16)11-12-4-6-13(28-2)7-5-12;1-27-11-4-2-10(3-5-11)9-24-15(14(16(25)26)22-23-24)13-7-6-12(8-21-13)28-17(18,19)20;10-9(11,12)19-4-1-2-5(13-3-4)6-7(8(17)18)15-16-14-6;7-5-2-1-4(3-11-5)12-6(8,9)10;3-2(4,5)1(6)7/h4-10H,3,11H2,1-2H3;2-8H,9H2,1H3,(H,25,26);1-3H,(H,17,18)(H,14,15,16);1-3H;(H,6,7). The quantitative estimate of drug-likeness (QED) is 0.0374. The molecule has 0 bridgehead atoms. The number of methoxy groups -OCH3 is 2. The molecule has 0 spiro atoms. The fourth-order valence-electron chi connectivity index (χ4n) is 6.90. The van der Waals surface area contributed by atoms with Crippen LogP contribution in [0, 0.1) is 0 Å². The van der Waals surface area contributed by atoms with Crippen molar-refractivity contribution < 1.29 is 134 Å². The number of carboxylic acids is 3. The molecule has 7 aromatic heterocycles. The van der Waals surface area contributed by atoms with Crippen molar-refractivity contribution >= 4 is 39.8 Å². The summed E-state index contributed by atoms with van der Waals surface area (Å²) in [7, 11) is 3.08. The molecular weight excluding hydrogens is 1410 g/mol. The number of alkyl halides is 15. The molecule has 0 aliphatic carbocycles. The van der Waals surface area contributed by atoms with Crippen LogP contribution in [0.25, 0.3) is 34.2 Å². The zero-order valence-electron chi connectivity index (χ0n) is 47.9. The van der Waals surface area contributed by atoms with Crippen LogP contribution in [0.1, 0.15) is 49.5 Å². The topological polar surface area (TPSA) is 348 Å². The fraction of sp³-hybridized carbons (Fsp3) is 0.208. The van der Waals surface area contributed by atoms with Crippen LogP contribution in [0.15, 0.2) is 126 Å². The maximum Gasteiger partial charge on any atom is 0.573 e. The van der Waals surface area contributed by atoms with Crippen LogP contribution in [0.2, 0.25) is 0 Å². The number of pyridine rings is 4. The average molecular weight is 1450 g/mol. The number of nitrogens with zero attached hydrogens (tertiary/aromatic N) is 12. The van der Waals surface area contributed by atoms with E-state index in [1.165, 1.54) is 40.7 Å². The molecule has 0 atom stereocenters. The van der Waals surface area contributed by atoms with E-state index < -0.39 is 72.8 Å². The Hall–Kier alpha value is -11.4. The zero-order valence-corrected chi connectivity index (χ0v) is 49.5. The van der Waals surface area contributed by atoms with E-state index in [0.29, 0.717) is 16.1 Å². The van der Waals surface area contributed by atoms with E-state index in [-0.39, 0.29) is 76.7 Å². The third-order valence-corrected chi connectivity index (χ3v) is 11.2. The van der Waals surface area contributed by atoms with E-state index in [1.807, 2.05) is 12.1 Å². The van der Waals surface area contributed by atoms with E-state index in [4.69, 9.17) is 29.2 Å². The first-order valence-electron chi connectivity index (χ1n) is 25.4. The fourth-order valence-corrected chi connectivity index (χ4v) is 7.14. The highest BCUT2D eigenvalue weighted by atomic mass is 79.9. The van der Waals surface area contributed by atoms with E-state index in [0.717, 1.165) is 60.2 Å². The van der Waals surface area contributed by atoms with Gasteiger partial charge in [0.05, 0.1) is 75.8 Å². The van der Waals surface area contributed by atoms with Gasteiger partial charge < -0.3 is 48.5 Å². The van der Waals surface area contributed by atoms with Crippen molar-refractivity contribution in [2.24, 2.45) is 0 Å². The number of esters is 1. The summed E-state index contributed by atoms with van der Waals surface area (Å²) in [5.41, 5.74) is 1.29. The van der Waals surface area contributed by atoms with Crippen molar-refractivity contribution in [2.45, 2.75) is 51.6 Å². The zero-order chi connectivity index (χ0) is 71.3. The molecule has 0 saturated heterocycles. The molecule has 0 unspecified atom stereocenters. The van der Waals surface area contributed by atoms with Crippen LogP contribution in [0.5, 0.6) is 34.5 Å². The summed E-state index contributed by atoms with van der Waals surface area (Å²) < 4.78 is 209. The molecule has 0 aliphatic rings. The number of carboxylic acid groups (broad SMARTS) is 3. The van der Waals surface area contributed by atoms with Crippen LogP contribution >= 0.6 is 15.9 Å². The summed E-state index contributed by atoms with van der Waals surface area (Å²) in [5, 5.41) is 49.7. The highest BCUT2D eigenvalue weighted by Gasteiger charge is 2.39. The van der Waals surface area contributed by atoms with Crippen molar-refractivity contribution in [3.63, 3.8) is 0 Å². The largest absolute Gasteiger partial charge is 0.573 e. The van der Waals surface area contributed by atoms with Crippen LogP contribution in [0.4, 0.5) is 65.9 Å². The lowest BCUT2D eigenvalue weighted by Gasteiger charge is -2.10. The number of H-pyrrole nitrogens is 1. The van der Waals surface area contributed by atoms with E-state index in [9.17, 15) is 85.3 Å². The summed E-state index contributed by atoms with van der Waals surface area (Å²) in [6, 6.07) is 23.4. The number of aromatic nitrogens is 13. The molecule has 96 heavy (non-hydrogen) atoms. The van der Waals surface area contributed by atoms with Crippen molar-refractivity contribution in [3.05, 3.63) is 155 Å². The van der Waals surface area contributed by atoms with Gasteiger partial charge >= 0.3 is 55.5 Å². The molecule has 4 N–H and O–H groups in total. The highest BCUT2D eigenvalue weighted by molar-refractivity contribution is 9.10. The molecule has 0 radical (unpaired) electrons. The van der Waals surface area contributed by atoms with Crippen molar-refractivity contribution in [3.8, 4) is 68.7 Å². The first-order chi connectivity index (χ1) is 44.8.